The van der Waals surface area contributed by atoms with Gasteiger partial charge in [0, 0.05) is 18.7 Å². The lowest BCUT2D eigenvalue weighted by molar-refractivity contribution is -0.118. The number of rotatable bonds is 6. The molecule has 0 aliphatic carbocycles. The van der Waals surface area contributed by atoms with Gasteiger partial charge >= 0.3 is 0 Å². The lowest BCUT2D eigenvalue weighted by Crippen LogP contribution is -2.28. The number of anilines is 1. The average molecular weight is 372 g/mol. The monoisotopic (exact) mass is 372 g/mol. The fraction of sp³-hybridized carbons (Fsp3) is 0.350. The molecular formula is C20H24N2O3S. The quantitative estimate of drug-likeness (QED) is 0.848. The normalized spacial score (nSPS) is 13.7. The van der Waals surface area contributed by atoms with E-state index in [9.17, 15) is 13.2 Å². The SMILES string of the molecule is CNS(=O)(=O)c1ccc2c(c1)CCN2C(=O)CCCc1ccc(C)cc1. The van der Waals surface area contributed by atoms with Gasteiger partial charge in [0.15, 0.2) is 0 Å². The standard InChI is InChI=1S/C20H24N2O3S/c1-15-6-8-16(9-7-15)4-3-5-20(23)22-13-12-17-14-18(10-11-19(17)22)26(24,25)21-2/h6-11,14,21H,3-5,12-13H2,1-2H3. The van der Waals surface area contributed by atoms with Crippen molar-refractivity contribution in [2.75, 3.05) is 18.5 Å². The summed E-state index contributed by atoms with van der Waals surface area (Å²) in [6.07, 6.45) is 2.86. The lowest BCUT2D eigenvalue weighted by Gasteiger charge is -2.17. The van der Waals surface area contributed by atoms with Crippen LogP contribution in [0, 0.1) is 6.92 Å². The first-order chi connectivity index (χ1) is 12.4. The molecule has 0 spiro atoms. The molecule has 1 aliphatic rings. The van der Waals surface area contributed by atoms with E-state index in [2.05, 4.69) is 35.9 Å². The zero-order valence-electron chi connectivity index (χ0n) is 15.2. The van der Waals surface area contributed by atoms with E-state index in [1.807, 2.05) is 0 Å². The van der Waals surface area contributed by atoms with Gasteiger partial charge < -0.3 is 4.90 Å². The first-order valence-corrected chi connectivity index (χ1v) is 10.3. The zero-order valence-corrected chi connectivity index (χ0v) is 16.0. The molecule has 6 heteroatoms. The van der Waals surface area contributed by atoms with E-state index >= 15 is 0 Å². The van der Waals surface area contributed by atoms with E-state index in [1.54, 1.807) is 23.1 Å². The third kappa shape index (κ3) is 3.97. The molecule has 26 heavy (non-hydrogen) atoms. The lowest BCUT2D eigenvalue weighted by atomic mass is 10.1. The van der Waals surface area contributed by atoms with Gasteiger partial charge in [-0.3, -0.25) is 4.79 Å². The molecule has 1 amide bonds. The molecule has 1 N–H and O–H groups in total. The molecule has 0 fully saturated rings. The highest BCUT2D eigenvalue weighted by Crippen LogP contribution is 2.30. The Bertz CT molecular complexity index is 905. The predicted molar refractivity (Wildman–Crippen MR) is 103 cm³/mol. The maximum atomic E-state index is 12.6. The van der Waals surface area contributed by atoms with Gasteiger partial charge in [0.2, 0.25) is 15.9 Å². The van der Waals surface area contributed by atoms with Crippen LogP contribution in [0.2, 0.25) is 0 Å². The van der Waals surface area contributed by atoms with Crippen molar-refractivity contribution in [3.8, 4) is 0 Å². The van der Waals surface area contributed by atoms with E-state index in [-0.39, 0.29) is 10.8 Å². The van der Waals surface area contributed by atoms with Crippen molar-refractivity contribution in [2.45, 2.75) is 37.5 Å². The Morgan fingerprint density at radius 1 is 1.15 bits per heavy atom. The zero-order chi connectivity index (χ0) is 18.7. The number of sulfonamides is 1. The topological polar surface area (TPSA) is 66.5 Å². The van der Waals surface area contributed by atoms with Crippen LogP contribution in [0.15, 0.2) is 47.4 Å². The predicted octanol–water partition coefficient (Wildman–Crippen LogP) is 2.82. The summed E-state index contributed by atoms with van der Waals surface area (Å²) in [4.78, 5) is 14.6. The minimum absolute atomic E-state index is 0.0973. The largest absolute Gasteiger partial charge is 0.312 e. The van der Waals surface area contributed by atoms with Crippen molar-refractivity contribution < 1.29 is 13.2 Å². The number of nitrogens with zero attached hydrogens (tertiary/aromatic N) is 1. The van der Waals surface area contributed by atoms with Crippen molar-refractivity contribution in [3.05, 3.63) is 59.2 Å². The summed E-state index contributed by atoms with van der Waals surface area (Å²) in [5.74, 6) is 0.0973. The van der Waals surface area contributed by atoms with Crippen LogP contribution in [0.5, 0.6) is 0 Å². The molecule has 0 saturated carbocycles. The van der Waals surface area contributed by atoms with Gasteiger partial charge in [0.05, 0.1) is 4.90 Å². The number of carbonyl (C=O) groups excluding carboxylic acids is 1. The Morgan fingerprint density at radius 2 is 1.88 bits per heavy atom. The average Bonchev–Trinajstić information content (AvgIpc) is 3.06. The second kappa shape index (κ2) is 7.60. The molecule has 138 valence electrons. The molecule has 0 radical (unpaired) electrons. The Hall–Kier alpha value is -2.18. The summed E-state index contributed by atoms with van der Waals surface area (Å²) >= 11 is 0. The Morgan fingerprint density at radius 3 is 2.58 bits per heavy atom. The number of hydrogen-bond acceptors (Lipinski definition) is 3. The summed E-state index contributed by atoms with van der Waals surface area (Å²) < 4.78 is 26.2. The van der Waals surface area contributed by atoms with Crippen LogP contribution in [0.3, 0.4) is 0 Å². The van der Waals surface area contributed by atoms with E-state index in [0.29, 0.717) is 19.4 Å². The number of aryl methyl sites for hydroxylation is 2. The smallest absolute Gasteiger partial charge is 0.240 e. The van der Waals surface area contributed by atoms with E-state index in [1.165, 1.54) is 18.2 Å². The van der Waals surface area contributed by atoms with Gasteiger partial charge in [-0.1, -0.05) is 29.8 Å². The van der Waals surface area contributed by atoms with Crippen molar-refractivity contribution in [1.29, 1.82) is 0 Å². The van der Waals surface area contributed by atoms with Gasteiger partial charge in [0.25, 0.3) is 0 Å². The molecule has 0 atom stereocenters. The molecule has 2 aromatic carbocycles. The van der Waals surface area contributed by atoms with E-state index in [4.69, 9.17) is 0 Å². The molecule has 1 aliphatic heterocycles. The van der Waals surface area contributed by atoms with Crippen LogP contribution in [0.1, 0.15) is 29.5 Å². The highest BCUT2D eigenvalue weighted by atomic mass is 32.2. The maximum absolute atomic E-state index is 12.6. The summed E-state index contributed by atoms with van der Waals surface area (Å²) in [5, 5.41) is 0. The van der Waals surface area contributed by atoms with Gasteiger partial charge in [-0.25, -0.2) is 13.1 Å². The summed E-state index contributed by atoms with van der Waals surface area (Å²) in [5.41, 5.74) is 4.22. The van der Waals surface area contributed by atoms with E-state index < -0.39 is 10.0 Å². The first kappa shape index (κ1) is 18.6. The number of benzene rings is 2. The van der Waals surface area contributed by atoms with Gasteiger partial charge in [-0.05, 0) is 62.6 Å². The molecule has 0 saturated heterocycles. The molecule has 5 nitrogen and oxygen atoms in total. The second-order valence-electron chi connectivity index (χ2n) is 6.63. The number of hydrogen-bond donors (Lipinski definition) is 1. The van der Waals surface area contributed by atoms with Crippen LogP contribution >= 0.6 is 0 Å². The number of carbonyl (C=O) groups is 1. The molecular weight excluding hydrogens is 348 g/mol. The minimum Gasteiger partial charge on any atom is -0.312 e. The van der Waals surface area contributed by atoms with Crippen LogP contribution in [-0.2, 0) is 27.7 Å². The summed E-state index contributed by atoms with van der Waals surface area (Å²) in [7, 11) is -2.06. The highest BCUT2D eigenvalue weighted by molar-refractivity contribution is 7.89. The number of amides is 1. The first-order valence-electron chi connectivity index (χ1n) is 8.83. The fourth-order valence-corrected chi connectivity index (χ4v) is 4.04. The molecule has 0 bridgehead atoms. The summed E-state index contributed by atoms with van der Waals surface area (Å²) in [6.45, 7) is 2.67. The molecule has 2 aromatic rings. The van der Waals surface area contributed by atoms with Gasteiger partial charge in [0.1, 0.15) is 0 Å². The van der Waals surface area contributed by atoms with Crippen molar-refractivity contribution in [1.82, 2.24) is 4.72 Å². The molecule has 3 rings (SSSR count). The second-order valence-corrected chi connectivity index (χ2v) is 8.52. The Labute approximate surface area is 155 Å². The molecule has 0 aromatic heterocycles. The molecule has 1 heterocycles. The van der Waals surface area contributed by atoms with Crippen LogP contribution < -0.4 is 9.62 Å². The molecule has 0 unspecified atom stereocenters. The Kier molecular flexibility index (Phi) is 5.44. The Balaban J connectivity index is 1.63. The van der Waals surface area contributed by atoms with Crippen molar-refractivity contribution in [2.24, 2.45) is 0 Å². The van der Waals surface area contributed by atoms with Crippen molar-refractivity contribution >= 4 is 21.6 Å². The maximum Gasteiger partial charge on any atom is 0.240 e. The summed E-state index contributed by atoms with van der Waals surface area (Å²) in [6, 6.07) is 13.4. The van der Waals surface area contributed by atoms with Crippen LogP contribution in [0.4, 0.5) is 5.69 Å². The van der Waals surface area contributed by atoms with Crippen molar-refractivity contribution in [3.63, 3.8) is 0 Å². The number of nitrogens with one attached hydrogen (secondary N) is 1. The van der Waals surface area contributed by atoms with E-state index in [0.717, 1.165) is 24.1 Å². The highest BCUT2D eigenvalue weighted by Gasteiger charge is 2.26. The van der Waals surface area contributed by atoms with Crippen LogP contribution in [-0.4, -0.2) is 27.9 Å². The minimum atomic E-state index is -3.46. The third-order valence-corrected chi connectivity index (χ3v) is 6.22. The number of fused-ring (bicyclic) bond motifs is 1. The van der Waals surface area contributed by atoms with Crippen LogP contribution in [0.25, 0.3) is 0 Å². The van der Waals surface area contributed by atoms with Gasteiger partial charge in [-0.15, -0.1) is 0 Å². The third-order valence-electron chi connectivity index (χ3n) is 4.80. The fourth-order valence-electron chi connectivity index (χ4n) is 3.26. The van der Waals surface area contributed by atoms with Gasteiger partial charge in [-0.2, -0.15) is 0 Å².